The lowest BCUT2D eigenvalue weighted by molar-refractivity contribution is -0.114. The molecule has 2 N–H and O–H groups in total. The number of nitrogens with zero attached hydrogens (tertiary/aromatic N) is 2. The molecule has 0 saturated carbocycles. The van der Waals surface area contributed by atoms with Gasteiger partial charge in [0, 0.05) is 30.1 Å². The number of hydrogen-bond acceptors (Lipinski definition) is 3. The minimum atomic E-state index is -0.0847. The highest BCUT2D eigenvalue weighted by molar-refractivity contribution is 5.89. The first-order valence-electron chi connectivity index (χ1n) is 9.63. The molecule has 0 bridgehead atoms. The van der Waals surface area contributed by atoms with Crippen LogP contribution in [0.15, 0.2) is 60.8 Å². The van der Waals surface area contributed by atoms with Crippen LogP contribution < -0.4 is 10.6 Å². The Labute approximate surface area is 170 Å². The third-order valence-electron chi connectivity index (χ3n) is 5.05. The average molecular weight is 384 g/mol. The van der Waals surface area contributed by atoms with Crippen molar-refractivity contribution in [3.05, 3.63) is 77.5 Å². The highest BCUT2D eigenvalue weighted by Crippen LogP contribution is 2.34. The van der Waals surface area contributed by atoms with E-state index in [1.54, 1.807) is 0 Å². The smallest absolute Gasteiger partial charge is 0.221 e. The van der Waals surface area contributed by atoms with Gasteiger partial charge in [-0.05, 0) is 55.7 Å². The summed E-state index contributed by atoms with van der Waals surface area (Å²) < 4.78 is 2.10. The number of hydrogen-bond donors (Lipinski definition) is 2. The van der Waals surface area contributed by atoms with Gasteiger partial charge >= 0.3 is 0 Å². The van der Waals surface area contributed by atoms with E-state index in [1.807, 2.05) is 36.5 Å². The molecule has 2 aromatic heterocycles. The number of aromatic nitrogens is 2. The van der Waals surface area contributed by atoms with E-state index < -0.39 is 0 Å². The zero-order valence-corrected chi connectivity index (χ0v) is 17.1. The van der Waals surface area contributed by atoms with Gasteiger partial charge in [-0.2, -0.15) is 0 Å². The molecule has 0 atom stereocenters. The van der Waals surface area contributed by atoms with Crippen LogP contribution in [0.25, 0.3) is 16.9 Å². The summed E-state index contributed by atoms with van der Waals surface area (Å²) in [5.41, 5.74) is 8.10. The third-order valence-corrected chi connectivity index (χ3v) is 5.05. The fourth-order valence-electron chi connectivity index (χ4n) is 3.57. The molecule has 2 aromatic carbocycles. The molecule has 0 saturated heterocycles. The number of carbonyl (C=O) groups excluding carboxylic acids is 1. The second kappa shape index (κ2) is 7.43. The van der Waals surface area contributed by atoms with Crippen molar-refractivity contribution in [3.8, 4) is 11.3 Å². The summed E-state index contributed by atoms with van der Waals surface area (Å²) in [6.07, 6.45) is 2.03. The van der Waals surface area contributed by atoms with Gasteiger partial charge in [0.2, 0.25) is 5.91 Å². The van der Waals surface area contributed by atoms with Crippen LogP contribution in [0.4, 0.5) is 17.2 Å². The van der Waals surface area contributed by atoms with Crippen LogP contribution in [-0.2, 0) is 4.79 Å². The predicted molar refractivity (Wildman–Crippen MR) is 119 cm³/mol. The zero-order chi connectivity index (χ0) is 20.5. The van der Waals surface area contributed by atoms with E-state index in [9.17, 15) is 4.79 Å². The van der Waals surface area contributed by atoms with E-state index in [4.69, 9.17) is 4.98 Å². The number of benzene rings is 2. The van der Waals surface area contributed by atoms with Crippen molar-refractivity contribution in [3.63, 3.8) is 0 Å². The van der Waals surface area contributed by atoms with Gasteiger partial charge in [0.25, 0.3) is 0 Å². The van der Waals surface area contributed by atoms with Crippen LogP contribution >= 0.6 is 0 Å². The number of anilines is 3. The molecule has 0 aliphatic carbocycles. The highest BCUT2D eigenvalue weighted by atomic mass is 16.1. The van der Waals surface area contributed by atoms with Crippen LogP contribution in [0.2, 0.25) is 0 Å². The van der Waals surface area contributed by atoms with E-state index in [2.05, 4.69) is 60.1 Å². The van der Waals surface area contributed by atoms with Gasteiger partial charge in [0.1, 0.15) is 17.2 Å². The standard InChI is InChI=1S/C24H24N4O/c1-15-7-5-8-16(2)21(15)26-24-22(27-23-17(3)9-6-14-28(23)24)19-10-12-20(13-11-19)25-18(4)29/h5-14,26H,1-4H3,(H,25,29). The average Bonchev–Trinajstić information content (AvgIpc) is 3.05. The maximum Gasteiger partial charge on any atom is 0.221 e. The fraction of sp³-hybridized carbons (Fsp3) is 0.167. The Morgan fingerprint density at radius 3 is 2.21 bits per heavy atom. The van der Waals surface area contributed by atoms with E-state index in [-0.39, 0.29) is 5.91 Å². The molecule has 4 rings (SSSR count). The second-order valence-electron chi connectivity index (χ2n) is 7.34. The first-order chi connectivity index (χ1) is 13.9. The Morgan fingerprint density at radius 1 is 0.897 bits per heavy atom. The molecule has 0 aliphatic rings. The van der Waals surface area contributed by atoms with Gasteiger partial charge in [0.15, 0.2) is 0 Å². The maximum absolute atomic E-state index is 11.3. The molecule has 4 aromatic rings. The number of nitrogens with one attached hydrogen (secondary N) is 2. The number of imidazole rings is 1. The molecule has 5 heteroatoms. The largest absolute Gasteiger partial charge is 0.339 e. The van der Waals surface area contributed by atoms with Crippen LogP contribution in [-0.4, -0.2) is 15.3 Å². The van der Waals surface area contributed by atoms with Gasteiger partial charge in [-0.25, -0.2) is 4.98 Å². The minimum Gasteiger partial charge on any atom is -0.339 e. The Morgan fingerprint density at radius 2 is 1.55 bits per heavy atom. The Balaban J connectivity index is 1.86. The number of para-hydroxylation sites is 1. The van der Waals surface area contributed by atoms with Gasteiger partial charge in [-0.3, -0.25) is 9.20 Å². The van der Waals surface area contributed by atoms with E-state index >= 15 is 0 Å². The number of rotatable bonds is 4. The molecular formula is C24H24N4O. The number of aryl methyl sites for hydroxylation is 3. The molecule has 146 valence electrons. The molecule has 0 unspecified atom stereocenters. The number of fused-ring (bicyclic) bond motifs is 1. The van der Waals surface area contributed by atoms with Gasteiger partial charge in [-0.15, -0.1) is 0 Å². The number of amides is 1. The van der Waals surface area contributed by atoms with E-state index in [0.717, 1.165) is 39.7 Å². The van der Waals surface area contributed by atoms with E-state index in [0.29, 0.717) is 0 Å². The summed E-state index contributed by atoms with van der Waals surface area (Å²) in [6, 6.07) is 18.1. The van der Waals surface area contributed by atoms with Crippen molar-refractivity contribution >= 4 is 28.7 Å². The lowest BCUT2D eigenvalue weighted by Gasteiger charge is -2.14. The SMILES string of the molecule is CC(=O)Nc1ccc(-c2nc3c(C)cccn3c2Nc2c(C)cccc2C)cc1. The Hall–Kier alpha value is -3.60. The summed E-state index contributed by atoms with van der Waals surface area (Å²) in [4.78, 5) is 16.2. The van der Waals surface area contributed by atoms with Crippen molar-refractivity contribution in [1.82, 2.24) is 9.38 Å². The number of carbonyl (C=O) groups is 1. The van der Waals surface area contributed by atoms with Gasteiger partial charge < -0.3 is 10.6 Å². The molecule has 0 fully saturated rings. The quantitative estimate of drug-likeness (QED) is 0.479. The predicted octanol–water partition coefficient (Wildman–Crippen LogP) is 5.63. The van der Waals surface area contributed by atoms with Crippen LogP contribution in [0.3, 0.4) is 0 Å². The van der Waals surface area contributed by atoms with Crippen LogP contribution in [0.5, 0.6) is 0 Å². The normalized spacial score (nSPS) is 10.9. The minimum absolute atomic E-state index is 0.0847. The third kappa shape index (κ3) is 3.59. The summed E-state index contributed by atoms with van der Waals surface area (Å²) in [5.74, 6) is 0.840. The monoisotopic (exact) mass is 384 g/mol. The molecule has 5 nitrogen and oxygen atoms in total. The maximum atomic E-state index is 11.3. The van der Waals surface area contributed by atoms with Gasteiger partial charge in [0.05, 0.1) is 0 Å². The fourth-order valence-corrected chi connectivity index (χ4v) is 3.57. The highest BCUT2D eigenvalue weighted by Gasteiger charge is 2.17. The van der Waals surface area contributed by atoms with Crippen molar-refractivity contribution < 1.29 is 4.79 Å². The van der Waals surface area contributed by atoms with Crippen molar-refractivity contribution in [2.24, 2.45) is 0 Å². The van der Waals surface area contributed by atoms with Crippen LogP contribution in [0.1, 0.15) is 23.6 Å². The summed E-state index contributed by atoms with van der Waals surface area (Å²) in [6.45, 7) is 7.78. The lowest BCUT2D eigenvalue weighted by Crippen LogP contribution is -2.05. The van der Waals surface area contributed by atoms with Gasteiger partial charge in [-0.1, -0.05) is 36.4 Å². The Bertz CT molecular complexity index is 1190. The summed E-state index contributed by atoms with van der Waals surface area (Å²) in [5, 5.41) is 6.44. The molecule has 0 radical (unpaired) electrons. The summed E-state index contributed by atoms with van der Waals surface area (Å²) in [7, 11) is 0. The first kappa shape index (κ1) is 18.7. The van der Waals surface area contributed by atoms with Crippen molar-refractivity contribution in [1.29, 1.82) is 0 Å². The topological polar surface area (TPSA) is 58.4 Å². The molecule has 2 heterocycles. The summed E-state index contributed by atoms with van der Waals surface area (Å²) >= 11 is 0. The molecule has 1 amide bonds. The van der Waals surface area contributed by atoms with Crippen molar-refractivity contribution in [2.75, 3.05) is 10.6 Å². The zero-order valence-electron chi connectivity index (χ0n) is 17.1. The number of pyridine rings is 1. The molecular weight excluding hydrogens is 360 g/mol. The molecule has 29 heavy (non-hydrogen) atoms. The van der Waals surface area contributed by atoms with Crippen LogP contribution in [0, 0.1) is 20.8 Å². The Kier molecular flexibility index (Phi) is 4.80. The molecule has 0 spiro atoms. The van der Waals surface area contributed by atoms with E-state index in [1.165, 1.54) is 18.1 Å². The first-order valence-corrected chi connectivity index (χ1v) is 9.63. The lowest BCUT2D eigenvalue weighted by atomic mass is 10.1. The second-order valence-corrected chi connectivity index (χ2v) is 7.34. The van der Waals surface area contributed by atoms with Crippen molar-refractivity contribution in [2.45, 2.75) is 27.7 Å². The molecule has 0 aliphatic heterocycles.